The first-order valence-corrected chi connectivity index (χ1v) is 8.24. The lowest BCUT2D eigenvalue weighted by Gasteiger charge is -2.31. The fourth-order valence-corrected chi connectivity index (χ4v) is 2.99. The molecule has 3 rings (SSSR count). The molecular formula is C20H27ClFN3O. The summed E-state index contributed by atoms with van der Waals surface area (Å²) in [5.74, 6) is -0.256. The van der Waals surface area contributed by atoms with Crippen LogP contribution in [0.4, 0.5) is 14.9 Å². The minimum Gasteiger partial charge on any atom is -0.325 e. The minimum absolute atomic E-state index is 0. The van der Waals surface area contributed by atoms with E-state index in [4.69, 9.17) is 0 Å². The number of hydrogen-bond acceptors (Lipinski definition) is 2. The van der Waals surface area contributed by atoms with Gasteiger partial charge >= 0.3 is 6.03 Å². The maximum absolute atomic E-state index is 13.3. The van der Waals surface area contributed by atoms with E-state index in [1.54, 1.807) is 11.0 Å². The molecule has 1 aliphatic rings. The highest BCUT2D eigenvalue weighted by Gasteiger charge is 2.21. The van der Waals surface area contributed by atoms with Gasteiger partial charge in [-0.3, -0.25) is 0 Å². The summed E-state index contributed by atoms with van der Waals surface area (Å²) >= 11 is 0. The molecule has 0 unspecified atom stereocenters. The van der Waals surface area contributed by atoms with Gasteiger partial charge in [0.25, 0.3) is 0 Å². The van der Waals surface area contributed by atoms with Crippen molar-refractivity contribution in [1.82, 2.24) is 10.2 Å². The van der Waals surface area contributed by atoms with E-state index in [-0.39, 0.29) is 37.7 Å². The van der Waals surface area contributed by atoms with Crippen LogP contribution < -0.4 is 10.6 Å². The molecule has 0 aliphatic carbocycles. The zero-order valence-electron chi connectivity index (χ0n) is 14.2. The molecule has 0 bridgehead atoms. The van der Waals surface area contributed by atoms with Crippen molar-refractivity contribution < 1.29 is 9.18 Å². The van der Waals surface area contributed by atoms with Gasteiger partial charge in [0.15, 0.2) is 0 Å². The lowest BCUT2D eigenvalue weighted by molar-refractivity contribution is 0.189. The van der Waals surface area contributed by atoms with E-state index in [0.29, 0.717) is 0 Å². The van der Waals surface area contributed by atoms with Crippen molar-refractivity contribution >= 4 is 24.1 Å². The Balaban J connectivity index is 0.00000169. The Labute approximate surface area is 161 Å². The molecule has 4 nitrogen and oxygen atoms in total. The number of rotatable bonds is 3. The average molecular weight is 380 g/mol. The summed E-state index contributed by atoms with van der Waals surface area (Å²) in [6.45, 7) is 1.90. The summed E-state index contributed by atoms with van der Waals surface area (Å²) in [6.07, 6.45) is 1.95. The van der Waals surface area contributed by atoms with Gasteiger partial charge in [0.1, 0.15) is 5.82 Å². The smallest absolute Gasteiger partial charge is 0.321 e. The number of halogens is 2. The Morgan fingerprint density at radius 3 is 2.38 bits per heavy atom. The second-order valence-electron chi connectivity index (χ2n) is 6.11. The van der Waals surface area contributed by atoms with Crippen LogP contribution in [0.3, 0.4) is 0 Å². The topological polar surface area (TPSA) is 44.4 Å². The standard InChI is InChI=1S/C19H22FN3O.CH4.ClH/c1-23(18-9-11-21-12-10-18)19(24)22-17-7-5-14(6-8-17)15-3-2-4-16(20)13-15;;/h2-8,13,18,21H,9-12H2,1H3,(H,22,24);1H4;1H. The lowest BCUT2D eigenvalue weighted by Crippen LogP contribution is -2.45. The Morgan fingerprint density at radius 2 is 1.77 bits per heavy atom. The summed E-state index contributed by atoms with van der Waals surface area (Å²) in [5.41, 5.74) is 2.47. The fraction of sp³-hybridized carbons (Fsp3) is 0.350. The molecule has 2 aromatic rings. The number of amides is 2. The van der Waals surface area contributed by atoms with Gasteiger partial charge in [0.05, 0.1) is 0 Å². The molecule has 0 spiro atoms. The summed E-state index contributed by atoms with van der Waals surface area (Å²) in [6, 6.07) is 14.1. The molecule has 1 heterocycles. The average Bonchev–Trinajstić information content (AvgIpc) is 2.62. The number of piperidine rings is 1. The van der Waals surface area contributed by atoms with E-state index >= 15 is 0 Å². The molecule has 0 atom stereocenters. The van der Waals surface area contributed by atoms with Crippen LogP contribution in [0, 0.1) is 5.82 Å². The van der Waals surface area contributed by atoms with Gasteiger partial charge in [-0.25, -0.2) is 9.18 Å². The quantitative estimate of drug-likeness (QED) is 0.807. The van der Waals surface area contributed by atoms with Crippen molar-refractivity contribution in [3.8, 4) is 11.1 Å². The molecule has 0 saturated carbocycles. The molecule has 2 amide bonds. The first kappa shape index (κ1) is 21.9. The Bertz CT molecular complexity index is 702. The third kappa shape index (κ3) is 5.44. The number of nitrogens with zero attached hydrogens (tertiary/aromatic N) is 1. The first-order chi connectivity index (χ1) is 11.6. The highest BCUT2D eigenvalue weighted by molar-refractivity contribution is 5.89. The number of nitrogens with one attached hydrogen (secondary N) is 2. The number of anilines is 1. The predicted molar refractivity (Wildman–Crippen MR) is 108 cm³/mol. The second-order valence-corrected chi connectivity index (χ2v) is 6.11. The molecule has 2 aromatic carbocycles. The van der Waals surface area contributed by atoms with E-state index in [0.717, 1.165) is 42.7 Å². The van der Waals surface area contributed by atoms with Gasteiger partial charge in [0, 0.05) is 18.8 Å². The van der Waals surface area contributed by atoms with E-state index in [1.807, 2.05) is 37.4 Å². The van der Waals surface area contributed by atoms with Crippen LogP contribution in [0.1, 0.15) is 20.3 Å². The molecule has 142 valence electrons. The molecule has 1 fully saturated rings. The Hall–Kier alpha value is -2.11. The van der Waals surface area contributed by atoms with Crippen LogP contribution in [-0.2, 0) is 0 Å². The maximum Gasteiger partial charge on any atom is 0.321 e. The highest BCUT2D eigenvalue weighted by atomic mass is 35.5. The third-order valence-electron chi connectivity index (χ3n) is 4.47. The molecule has 2 N–H and O–H groups in total. The Morgan fingerprint density at radius 1 is 1.12 bits per heavy atom. The van der Waals surface area contributed by atoms with Gasteiger partial charge in [-0.2, -0.15) is 0 Å². The van der Waals surface area contributed by atoms with Gasteiger partial charge in [0.2, 0.25) is 0 Å². The molecule has 26 heavy (non-hydrogen) atoms. The summed E-state index contributed by atoms with van der Waals surface area (Å²) in [5, 5.41) is 6.22. The highest BCUT2D eigenvalue weighted by Crippen LogP contribution is 2.22. The predicted octanol–water partition coefficient (Wildman–Crippen LogP) is 4.77. The van der Waals surface area contributed by atoms with E-state index in [1.165, 1.54) is 12.1 Å². The van der Waals surface area contributed by atoms with E-state index in [2.05, 4.69) is 10.6 Å². The van der Waals surface area contributed by atoms with Crippen LogP contribution in [0.5, 0.6) is 0 Å². The van der Waals surface area contributed by atoms with Crippen LogP contribution in [0.2, 0.25) is 0 Å². The van der Waals surface area contributed by atoms with Crippen LogP contribution in [0.25, 0.3) is 11.1 Å². The van der Waals surface area contributed by atoms with Gasteiger partial charge in [-0.05, 0) is 61.3 Å². The largest absolute Gasteiger partial charge is 0.325 e. The molecule has 0 radical (unpaired) electrons. The van der Waals surface area contributed by atoms with Crippen molar-refractivity contribution in [2.45, 2.75) is 26.3 Å². The fourth-order valence-electron chi connectivity index (χ4n) is 2.99. The molecule has 6 heteroatoms. The van der Waals surface area contributed by atoms with Gasteiger partial charge in [-0.15, -0.1) is 12.4 Å². The summed E-state index contributed by atoms with van der Waals surface area (Å²) in [7, 11) is 1.84. The van der Waals surface area contributed by atoms with Crippen molar-refractivity contribution in [3.05, 3.63) is 54.3 Å². The normalized spacial score (nSPS) is 13.9. The van der Waals surface area contributed by atoms with Gasteiger partial charge in [-0.1, -0.05) is 31.7 Å². The number of carbonyl (C=O) groups excluding carboxylic acids is 1. The zero-order chi connectivity index (χ0) is 16.9. The van der Waals surface area contributed by atoms with Crippen molar-refractivity contribution in [2.75, 3.05) is 25.5 Å². The zero-order valence-corrected chi connectivity index (χ0v) is 15.0. The number of benzene rings is 2. The lowest BCUT2D eigenvalue weighted by atomic mass is 10.1. The molecule has 0 aromatic heterocycles. The van der Waals surface area contributed by atoms with Crippen LogP contribution in [-0.4, -0.2) is 37.1 Å². The van der Waals surface area contributed by atoms with Crippen molar-refractivity contribution in [1.29, 1.82) is 0 Å². The molecule has 1 saturated heterocycles. The molecule has 1 aliphatic heterocycles. The maximum atomic E-state index is 13.3. The summed E-state index contributed by atoms with van der Waals surface area (Å²) in [4.78, 5) is 14.1. The summed E-state index contributed by atoms with van der Waals surface area (Å²) < 4.78 is 13.3. The molecular weight excluding hydrogens is 353 g/mol. The van der Waals surface area contributed by atoms with Crippen LogP contribution >= 0.6 is 12.4 Å². The van der Waals surface area contributed by atoms with Crippen molar-refractivity contribution in [2.24, 2.45) is 0 Å². The van der Waals surface area contributed by atoms with E-state index < -0.39 is 0 Å². The van der Waals surface area contributed by atoms with Gasteiger partial charge < -0.3 is 15.5 Å². The third-order valence-corrected chi connectivity index (χ3v) is 4.47. The number of hydrogen-bond donors (Lipinski definition) is 2. The number of urea groups is 1. The number of carbonyl (C=O) groups is 1. The van der Waals surface area contributed by atoms with Crippen LogP contribution in [0.15, 0.2) is 48.5 Å². The minimum atomic E-state index is -0.256. The second kappa shape index (κ2) is 10.1. The Kier molecular flexibility index (Phi) is 8.55. The SMILES string of the molecule is C.CN(C(=O)Nc1ccc(-c2cccc(F)c2)cc1)C1CCNCC1.Cl. The van der Waals surface area contributed by atoms with Crippen molar-refractivity contribution in [3.63, 3.8) is 0 Å². The van der Waals surface area contributed by atoms with E-state index in [9.17, 15) is 9.18 Å². The first-order valence-electron chi connectivity index (χ1n) is 8.24. The monoisotopic (exact) mass is 379 g/mol.